The normalized spacial score (nSPS) is 18.5. The molecule has 1 saturated heterocycles. The van der Waals surface area contributed by atoms with E-state index in [0.29, 0.717) is 0 Å². The van der Waals surface area contributed by atoms with Crippen molar-refractivity contribution in [2.75, 3.05) is 24.5 Å². The van der Waals surface area contributed by atoms with Gasteiger partial charge < -0.3 is 15.7 Å². The molecule has 2 rings (SSSR count). The number of aliphatic hydroxyl groups excluding tert-OH is 1. The number of aromatic nitrogens is 2. The molecule has 88 valence electrons. The molecule has 5 heteroatoms. The van der Waals surface area contributed by atoms with E-state index in [2.05, 4.69) is 14.9 Å². The molecule has 0 amide bonds. The van der Waals surface area contributed by atoms with Crippen LogP contribution in [0, 0.1) is 0 Å². The quantitative estimate of drug-likeness (QED) is 0.777. The number of nitrogens with two attached hydrogens (primary N) is 1. The molecule has 2 heterocycles. The van der Waals surface area contributed by atoms with Gasteiger partial charge in [-0.05, 0) is 19.3 Å². The van der Waals surface area contributed by atoms with Crippen LogP contribution >= 0.6 is 0 Å². The van der Waals surface area contributed by atoms with Crippen LogP contribution in [0.15, 0.2) is 12.5 Å². The van der Waals surface area contributed by atoms with Crippen molar-refractivity contribution < 1.29 is 5.11 Å². The third-order valence-electron chi connectivity index (χ3n) is 2.96. The highest BCUT2D eigenvalue weighted by Crippen LogP contribution is 2.25. The van der Waals surface area contributed by atoms with Crippen molar-refractivity contribution >= 4 is 5.82 Å². The van der Waals surface area contributed by atoms with Crippen molar-refractivity contribution in [3.05, 3.63) is 18.1 Å². The Morgan fingerprint density at radius 1 is 1.38 bits per heavy atom. The minimum Gasteiger partial charge on any atom is -0.387 e. The van der Waals surface area contributed by atoms with E-state index in [1.807, 2.05) is 0 Å². The summed E-state index contributed by atoms with van der Waals surface area (Å²) in [6.45, 7) is 2.21. The summed E-state index contributed by atoms with van der Waals surface area (Å²) >= 11 is 0. The second-order valence-corrected chi connectivity index (χ2v) is 4.10. The van der Waals surface area contributed by atoms with E-state index < -0.39 is 6.10 Å². The second kappa shape index (κ2) is 5.23. The number of hydrogen-bond acceptors (Lipinski definition) is 5. The van der Waals surface area contributed by atoms with E-state index in [4.69, 9.17) is 5.73 Å². The molecule has 0 aliphatic carbocycles. The minimum atomic E-state index is -0.668. The van der Waals surface area contributed by atoms with E-state index >= 15 is 0 Å². The van der Waals surface area contributed by atoms with Gasteiger partial charge in [0.05, 0.1) is 6.10 Å². The van der Waals surface area contributed by atoms with E-state index in [9.17, 15) is 5.11 Å². The van der Waals surface area contributed by atoms with Gasteiger partial charge in [-0.3, -0.25) is 0 Å². The summed E-state index contributed by atoms with van der Waals surface area (Å²) in [5, 5.41) is 9.81. The average molecular weight is 222 g/mol. The number of anilines is 1. The number of piperidine rings is 1. The van der Waals surface area contributed by atoms with E-state index in [0.717, 1.165) is 24.5 Å². The van der Waals surface area contributed by atoms with Crippen LogP contribution in [0.3, 0.4) is 0 Å². The maximum atomic E-state index is 9.81. The lowest BCUT2D eigenvalue weighted by Gasteiger charge is -2.29. The molecule has 0 saturated carbocycles. The summed E-state index contributed by atoms with van der Waals surface area (Å²) < 4.78 is 0. The highest BCUT2D eigenvalue weighted by atomic mass is 16.3. The van der Waals surface area contributed by atoms with Gasteiger partial charge in [-0.15, -0.1) is 0 Å². The van der Waals surface area contributed by atoms with Crippen LogP contribution in [0.1, 0.15) is 30.9 Å². The fourth-order valence-electron chi connectivity index (χ4n) is 2.07. The lowest BCUT2D eigenvalue weighted by atomic mass is 10.1. The predicted molar refractivity (Wildman–Crippen MR) is 62.1 cm³/mol. The molecule has 1 atom stereocenters. The summed E-state index contributed by atoms with van der Waals surface area (Å²) in [6, 6.07) is 0. The molecule has 1 aliphatic heterocycles. The van der Waals surface area contributed by atoms with E-state index in [1.54, 1.807) is 6.20 Å². The molecule has 1 aliphatic rings. The van der Waals surface area contributed by atoms with Crippen LogP contribution in [0.5, 0.6) is 0 Å². The van der Waals surface area contributed by atoms with Crippen LogP contribution < -0.4 is 10.6 Å². The molecule has 1 fully saturated rings. The van der Waals surface area contributed by atoms with Crippen LogP contribution in [0.4, 0.5) is 5.82 Å². The van der Waals surface area contributed by atoms with Crippen molar-refractivity contribution in [2.24, 2.45) is 5.73 Å². The highest BCUT2D eigenvalue weighted by Gasteiger charge is 2.19. The van der Waals surface area contributed by atoms with Crippen molar-refractivity contribution in [2.45, 2.75) is 25.4 Å². The Labute approximate surface area is 95.3 Å². The zero-order chi connectivity index (χ0) is 11.4. The monoisotopic (exact) mass is 222 g/mol. The zero-order valence-electron chi connectivity index (χ0n) is 9.34. The first-order chi connectivity index (χ1) is 7.83. The molecular formula is C11H18N4O. The number of rotatable bonds is 3. The van der Waals surface area contributed by atoms with E-state index in [1.165, 1.54) is 25.6 Å². The Balaban J connectivity index is 2.24. The van der Waals surface area contributed by atoms with Gasteiger partial charge in [0, 0.05) is 31.4 Å². The molecule has 16 heavy (non-hydrogen) atoms. The maximum Gasteiger partial charge on any atom is 0.137 e. The Bertz CT molecular complexity index is 339. The van der Waals surface area contributed by atoms with Crippen LogP contribution in [0.25, 0.3) is 0 Å². The third kappa shape index (κ3) is 2.31. The molecule has 3 N–H and O–H groups in total. The van der Waals surface area contributed by atoms with Gasteiger partial charge >= 0.3 is 0 Å². The summed E-state index contributed by atoms with van der Waals surface area (Å²) in [5.41, 5.74) is 6.22. The van der Waals surface area contributed by atoms with Crippen molar-refractivity contribution in [3.8, 4) is 0 Å². The topological polar surface area (TPSA) is 75.3 Å². The molecule has 1 unspecified atom stereocenters. The summed E-state index contributed by atoms with van der Waals surface area (Å²) in [4.78, 5) is 10.4. The minimum absolute atomic E-state index is 0.203. The Hall–Kier alpha value is -1.20. The van der Waals surface area contributed by atoms with Crippen molar-refractivity contribution in [1.29, 1.82) is 0 Å². The van der Waals surface area contributed by atoms with Gasteiger partial charge in [0.25, 0.3) is 0 Å². The van der Waals surface area contributed by atoms with Gasteiger partial charge in [0.15, 0.2) is 0 Å². The first-order valence-corrected chi connectivity index (χ1v) is 5.76. The predicted octanol–water partition coefficient (Wildman–Crippen LogP) is 0.459. The smallest absolute Gasteiger partial charge is 0.137 e. The molecule has 0 aromatic carbocycles. The van der Waals surface area contributed by atoms with E-state index in [-0.39, 0.29) is 6.54 Å². The van der Waals surface area contributed by atoms with Gasteiger partial charge in [0.2, 0.25) is 0 Å². The van der Waals surface area contributed by atoms with Crippen LogP contribution in [-0.4, -0.2) is 34.7 Å². The Morgan fingerprint density at radius 3 is 2.81 bits per heavy atom. The number of aliphatic hydroxyl groups is 1. The second-order valence-electron chi connectivity index (χ2n) is 4.10. The Morgan fingerprint density at radius 2 is 2.12 bits per heavy atom. The molecule has 1 aromatic heterocycles. The lowest BCUT2D eigenvalue weighted by Crippen LogP contribution is -2.32. The van der Waals surface area contributed by atoms with Crippen molar-refractivity contribution in [3.63, 3.8) is 0 Å². The van der Waals surface area contributed by atoms with Gasteiger partial charge in [0.1, 0.15) is 12.1 Å². The molecular weight excluding hydrogens is 204 g/mol. The fraction of sp³-hybridized carbons (Fsp3) is 0.636. The summed E-state index contributed by atoms with van der Waals surface area (Å²) in [6.07, 6.45) is 6.16. The summed E-state index contributed by atoms with van der Waals surface area (Å²) in [7, 11) is 0. The van der Waals surface area contributed by atoms with Gasteiger partial charge in [-0.1, -0.05) is 0 Å². The standard InChI is InChI=1S/C11H18N4O/c12-6-10(16)9-7-13-8-14-11(9)15-4-2-1-3-5-15/h7-8,10,16H,1-6,12H2. The van der Waals surface area contributed by atoms with Crippen molar-refractivity contribution in [1.82, 2.24) is 9.97 Å². The van der Waals surface area contributed by atoms with Crippen LogP contribution in [-0.2, 0) is 0 Å². The molecule has 0 bridgehead atoms. The zero-order valence-corrected chi connectivity index (χ0v) is 9.34. The third-order valence-corrected chi connectivity index (χ3v) is 2.96. The Kier molecular flexibility index (Phi) is 3.69. The van der Waals surface area contributed by atoms with Crippen LogP contribution in [0.2, 0.25) is 0 Å². The first kappa shape index (κ1) is 11.3. The highest BCUT2D eigenvalue weighted by molar-refractivity contribution is 5.47. The summed E-state index contributed by atoms with van der Waals surface area (Å²) in [5.74, 6) is 0.840. The fourth-order valence-corrected chi connectivity index (χ4v) is 2.07. The molecule has 5 nitrogen and oxygen atoms in total. The number of hydrogen-bond donors (Lipinski definition) is 2. The SMILES string of the molecule is NCC(O)c1cncnc1N1CCCCC1. The molecule has 0 radical (unpaired) electrons. The van der Waals surface area contributed by atoms with Gasteiger partial charge in [-0.2, -0.15) is 0 Å². The maximum absolute atomic E-state index is 9.81. The molecule has 0 spiro atoms. The average Bonchev–Trinajstić information content (AvgIpc) is 2.39. The largest absolute Gasteiger partial charge is 0.387 e. The lowest BCUT2D eigenvalue weighted by molar-refractivity contribution is 0.186. The molecule has 1 aromatic rings. The first-order valence-electron chi connectivity index (χ1n) is 5.76. The van der Waals surface area contributed by atoms with Gasteiger partial charge in [-0.25, -0.2) is 9.97 Å². The number of nitrogens with zero attached hydrogens (tertiary/aromatic N) is 3.